The molecule has 0 fully saturated rings. The van der Waals surface area contributed by atoms with Gasteiger partial charge < -0.3 is 20.1 Å². The highest BCUT2D eigenvalue weighted by Crippen LogP contribution is 2.26. The van der Waals surface area contributed by atoms with Gasteiger partial charge in [-0.15, -0.1) is 0 Å². The number of nitrogens with one attached hydrogen (secondary N) is 2. The zero-order valence-corrected chi connectivity index (χ0v) is 16.4. The van der Waals surface area contributed by atoms with Gasteiger partial charge in [0.2, 0.25) is 5.91 Å². The molecular weight excluding hydrogens is 380 g/mol. The van der Waals surface area contributed by atoms with Crippen LogP contribution in [0.1, 0.15) is 22.3 Å². The first-order chi connectivity index (χ1) is 14.7. The van der Waals surface area contributed by atoms with Gasteiger partial charge in [-0.05, 0) is 66.6 Å². The van der Waals surface area contributed by atoms with Gasteiger partial charge >= 0.3 is 0 Å². The molecule has 30 heavy (non-hydrogen) atoms. The highest BCUT2D eigenvalue weighted by molar-refractivity contribution is 5.94. The minimum Gasteiger partial charge on any atom is -0.492 e. The second kappa shape index (κ2) is 9.13. The van der Waals surface area contributed by atoms with Gasteiger partial charge in [-0.1, -0.05) is 18.2 Å². The summed E-state index contributed by atoms with van der Waals surface area (Å²) in [7, 11) is 0. The maximum absolute atomic E-state index is 12.3. The Morgan fingerprint density at radius 3 is 2.43 bits per heavy atom. The van der Waals surface area contributed by atoms with Gasteiger partial charge in [0.25, 0.3) is 5.91 Å². The van der Waals surface area contributed by atoms with Crippen LogP contribution in [0.15, 0.2) is 72.8 Å². The molecule has 6 nitrogen and oxygen atoms in total. The van der Waals surface area contributed by atoms with Crippen LogP contribution in [0, 0.1) is 0 Å². The van der Waals surface area contributed by atoms with E-state index in [1.807, 2.05) is 48.5 Å². The van der Waals surface area contributed by atoms with E-state index >= 15 is 0 Å². The minimum atomic E-state index is -0.169. The number of benzene rings is 3. The quantitative estimate of drug-likeness (QED) is 0.582. The minimum absolute atomic E-state index is 0.0403. The number of para-hydroxylation sites is 1. The zero-order valence-electron chi connectivity index (χ0n) is 16.4. The van der Waals surface area contributed by atoms with Crippen molar-refractivity contribution in [2.24, 2.45) is 0 Å². The number of hydrogen-bond donors (Lipinski definition) is 2. The lowest BCUT2D eigenvalue weighted by molar-refractivity contribution is -0.116. The molecule has 1 aliphatic rings. The lowest BCUT2D eigenvalue weighted by Gasteiger charge is -2.17. The maximum atomic E-state index is 12.3. The molecule has 0 atom stereocenters. The Hall–Kier alpha value is -3.80. The Labute approximate surface area is 174 Å². The summed E-state index contributed by atoms with van der Waals surface area (Å²) >= 11 is 0. The number of amides is 2. The summed E-state index contributed by atoms with van der Waals surface area (Å²) in [6.07, 6.45) is 1.20. The van der Waals surface area contributed by atoms with Crippen molar-refractivity contribution in [1.82, 2.24) is 5.32 Å². The number of carbonyl (C=O) groups excluding carboxylic acids is 2. The van der Waals surface area contributed by atoms with Crippen LogP contribution in [0.4, 0.5) is 5.69 Å². The maximum Gasteiger partial charge on any atom is 0.251 e. The van der Waals surface area contributed by atoms with E-state index in [2.05, 4.69) is 10.6 Å². The van der Waals surface area contributed by atoms with E-state index < -0.39 is 0 Å². The van der Waals surface area contributed by atoms with E-state index in [9.17, 15) is 9.59 Å². The zero-order chi connectivity index (χ0) is 20.8. The van der Waals surface area contributed by atoms with Crippen LogP contribution in [0.5, 0.6) is 17.2 Å². The van der Waals surface area contributed by atoms with Crippen LogP contribution < -0.4 is 20.1 Å². The fraction of sp³-hybridized carbons (Fsp3) is 0.167. The molecular formula is C24H22N2O4. The Bertz CT molecular complexity index is 1030. The van der Waals surface area contributed by atoms with Crippen LogP contribution in [0.2, 0.25) is 0 Å². The first-order valence-corrected chi connectivity index (χ1v) is 9.84. The van der Waals surface area contributed by atoms with Crippen LogP contribution in [-0.2, 0) is 11.2 Å². The van der Waals surface area contributed by atoms with Gasteiger partial charge in [-0.25, -0.2) is 0 Å². The van der Waals surface area contributed by atoms with E-state index in [1.54, 1.807) is 24.3 Å². The standard InChI is InChI=1S/C24H22N2O4/c27-23-13-8-18-16-21(11-12-22(18)26-23)29-15-14-25-24(28)17-6-9-20(10-7-17)30-19-4-2-1-3-5-19/h1-7,9-12,16H,8,13-15H2,(H,25,28)(H,26,27). The summed E-state index contributed by atoms with van der Waals surface area (Å²) in [5.74, 6) is 2.01. The molecule has 0 saturated carbocycles. The molecule has 0 spiro atoms. The predicted octanol–water partition coefficient (Wildman–Crippen LogP) is 4.17. The van der Waals surface area contributed by atoms with Crippen molar-refractivity contribution < 1.29 is 19.1 Å². The van der Waals surface area contributed by atoms with E-state index in [-0.39, 0.29) is 11.8 Å². The number of ether oxygens (including phenoxy) is 2. The second-order valence-corrected chi connectivity index (χ2v) is 6.91. The molecule has 2 amide bonds. The first kappa shape index (κ1) is 19.5. The van der Waals surface area contributed by atoms with Gasteiger partial charge in [0, 0.05) is 17.7 Å². The van der Waals surface area contributed by atoms with E-state index in [0.717, 1.165) is 22.7 Å². The van der Waals surface area contributed by atoms with Crippen LogP contribution >= 0.6 is 0 Å². The van der Waals surface area contributed by atoms with Crippen molar-refractivity contribution >= 4 is 17.5 Å². The summed E-state index contributed by atoms with van der Waals surface area (Å²) in [6.45, 7) is 0.737. The summed E-state index contributed by atoms with van der Waals surface area (Å²) in [5.41, 5.74) is 2.46. The van der Waals surface area contributed by atoms with E-state index in [4.69, 9.17) is 9.47 Å². The fourth-order valence-corrected chi connectivity index (χ4v) is 3.18. The van der Waals surface area contributed by atoms with Crippen LogP contribution in [0.25, 0.3) is 0 Å². The lowest BCUT2D eigenvalue weighted by Crippen LogP contribution is -2.28. The average molecular weight is 402 g/mol. The SMILES string of the molecule is O=C1CCc2cc(OCCNC(=O)c3ccc(Oc4ccccc4)cc3)ccc2N1. The van der Waals surface area contributed by atoms with E-state index in [1.165, 1.54) is 0 Å². The number of carbonyl (C=O) groups is 2. The van der Waals surface area contributed by atoms with Crippen molar-refractivity contribution in [2.45, 2.75) is 12.8 Å². The van der Waals surface area contributed by atoms with Gasteiger partial charge in [0.05, 0.1) is 6.54 Å². The summed E-state index contributed by atoms with van der Waals surface area (Å²) in [4.78, 5) is 23.7. The Kier molecular flexibility index (Phi) is 5.94. The van der Waals surface area contributed by atoms with Crippen LogP contribution in [-0.4, -0.2) is 25.0 Å². The molecule has 1 heterocycles. The Morgan fingerprint density at radius 1 is 0.900 bits per heavy atom. The molecule has 2 N–H and O–H groups in total. The molecule has 0 aromatic heterocycles. The average Bonchev–Trinajstić information content (AvgIpc) is 2.78. The number of anilines is 1. The molecule has 152 valence electrons. The Morgan fingerprint density at radius 2 is 1.63 bits per heavy atom. The predicted molar refractivity (Wildman–Crippen MR) is 114 cm³/mol. The fourth-order valence-electron chi connectivity index (χ4n) is 3.18. The molecule has 0 aliphatic carbocycles. The number of aryl methyl sites for hydroxylation is 1. The number of hydrogen-bond acceptors (Lipinski definition) is 4. The topological polar surface area (TPSA) is 76.7 Å². The van der Waals surface area contributed by atoms with Crippen molar-refractivity contribution in [1.29, 1.82) is 0 Å². The third-order valence-electron chi connectivity index (χ3n) is 4.72. The number of rotatable bonds is 7. The molecule has 6 heteroatoms. The molecule has 0 bridgehead atoms. The normalized spacial score (nSPS) is 12.5. The molecule has 0 radical (unpaired) electrons. The van der Waals surface area contributed by atoms with Gasteiger partial charge in [-0.3, -0.25) is 9.59 Å². The van der Waals surface area contributed by atoms with E-state index in [0.29, 0.717) is 37.3 Å². The van der Waals surface area contributed by atoms with Crippen molar-refractivity contribution in [3.8, 4) is 17.2 Å². The molecule has 0 saturated heterocycles. The third-order valence-corrected chi connectivity index (χ3v) is 4.72. The molecule has 3 aromatic rings. The summed E-state index contributed by atoms with van der Waals surface area (Å²) < 4.78 is 11.5. The molecule has 0 unspecified atom stereocenters. The van der Waals surface area contributed by atoms with Gasteiger partial charge in [-0.2, -0.15) is 0 Å². The third kappa shape index (κ3) is 4.97. The van der Waals surface area contributed by atoms with Crippen LogP contribution in [0.3, 0.4) is 0 Å². The molecule has 1 aliphatic heterocycles. The first-order valence-electron chi connectivity index (χ1n) is 9.84. The second-order valence-electron chi connectivity index (χ2n) is 6.91. The highest BCUT2D eigenvalue weighted by Gasteiger charge is 2.15. The summed E-state index contributed by atoms with van der Waals surface area (Å²) in [5, 5.41) is 5.69. The molecule has 4 rings (SSSR count). The largest absolute Gasteiger partial charge is 0.492 e. The summed E-state index contributed by atoms with van der Waals surface area (Å²) in [6, 6.07) is 22.1. The van der Waals surface area contributed by atoms with Gasteiger partial charge in [0.15, 0.2) is 0 Å². The Balaban J connectivity index is 1.23. The van der Waals surface area contributed by atoms with Crippen molar-refractivity contribution in [2.75, 3.05) is 18.5 Å². The number of fused-ring (bicyclic) bond motifs is 1. The monoisotopic (exact) mass is 402 g/mol. The highest BCUT2D eigenvalue weighted by atomic mass is 16.5. The van der Waals surface area contributed by atoms with Crippen molar-refractivity contribution in [3.63, 3.8) is 0 Å². The smallest absolute Gasteiger partial charge is 0.251 e. The lowest BCUT2D eigenvalue weighted by atomic mass is 10.0. The van der Waals surface area contributed by atoms with Crippen molar-refractivity contribution in [3.05, 3.63) is 83.9 Å². The molecule has 3 aromatic carbocycles. The van der Waals surface area contributed by atoms with Gasteiger partial charge in [0.1, 0.15) is 23.9 Å².